The van der Waals surface area contributed by atoms with Crippen LogP contribution in [0.15, 0.2) is 42.6 Å². The highest BCUT2D eigenvalue weighted by atomic mass is 16.3. The van der Waals surface area contributed by atoms with Crippen molar-refractivity contribution in [2.45, 2.75) is 19.1 Å². The van der Waals surface area contributed by atoms with E-state index in [1.54, 1.807) is 10.7 Å². The maximum Gasteiger partial charge on any atom is 0.1000 e. The highest BCUT2D eigenvalue weighted by molar-refractivity contribution is 5.15. The van der Waals surface area contributed by atoms with Crippen molar-refractivity contribution in [3.63, 3.8) is 0 Å². The van der Waals surface area contributed by atoms with Crippen LogP contribution >= 0.6 is 0 Å². The quantitative estimate of drug-likeness (QED) is 0.818. The van der Waals surface area contributed by atoms with Crippen LogP contribution in [0.3, 0.4) is 0 Å². The van der Waals surface area contributed by atoms with Crippen LogP contribution in [-0.4, -0.2) is 26.6 Å². The van der Waals surface area contributed by atoms with E-state index >= 15 is 0 Å². The molecular formula is C13H16N2O2. The number of hydrogen-bond acceptors (Lipinski definition) is 3. The molecule has 90 valence electrons. The summed E-state index contributed by atoms with van der Waals surface area (Å²) in [6.45, 7) is 0.652. The van der Waals surface area contributed by atoms with E-state index in [4.69, 9.17) is 5.11 Å². The van der Waals surface area contributed by atoms with Crippen molar-refractivity contribution >= 4 is 0 Å². The Labute approximate surface area is 100 Å². The second-order valence-electron chi connectivity index (χ2n) is 3.95. The average Bonchev–Trinajstić information content (AvgIpc) is 2.79. The Hall–Kier alpha value is -1.65. The van der Waals surface area contributed by atoms with E-state index in [2.05, 4.69) is 5.10 Å². The van der Waals surface area contributed by atoms with Gasteiger partial charge in [0.15, 0.2) is 0 Å². The van der Waals surface area contributed by atoms with Crippen molar-refractivity contribution in [2.24, 2.45) is 0 Å². The number of aliphatic hydroxyl groups excluding tert-OH is 2. The fraction of sp³-hybridized carbons (Fsp3) is 0.308. The minimum atomic E-state index is -0.683. The van der Waals surface area contributed by atoms with Crippen molar-refractivity contribution in [3.05, 3.63) is 53.9 Å². The van der Waals surface area contributed by atoms with Gasteiger partial charge in [-0.05, 0) is 11.6 Å². The first-order valence-electron chi connectivity index (χ1n) is 5.66. The SMILES string of the molecule is OCCC(O)c1ccn(Cc2ccccc2)n1. The Morgan fingerprint density at radius 3 is 2.65 bits per heavy atom. The molecule has 0 fully saturated rings. The zero-order valence-electron chi connectivity index (χ0n) is 9.53. The molecule has 1 aromatic carbocycles. The topological polar surface area (TPSA) is 58.3 Å². The van der Waals surface area contributed by atoms with E-state index in [1.807, 2.05) is 36.5 Å². The van der Waals surface area contributed by atoms with Gasteiger partial charge < -0.3 is 10.2 Å². The van der Waals surface area contributed by atoms with Crippen molar-refractivity contribution < 1.29 is 10.2 Å². The van der Waals surface area contributed by atoms with E-state index in [0.29, 0.717) is 18.7 Å². The van der Waals surface area contributed by atoms with Gasteiger partial charge >= 0.3 is 0 Å². The molecule has 0 aliphatic heterocycles. The monoisotopic (exact) mass is 232 g/mol. The predicted octanol–water partition coefficient (Wildman–Crippen LogP) is 1.35. The van der Waals surface area contributed by atoms with Crippen molar-refractivity contribution in [3.8, 4) is 0 Å². The lowest BCUT2D eigenvalue weighted by molar-refractivity contribution is 0.130. The third-order valence-electron chi connectivity index (χ3n) is 2.59. The molecule has 1 heterocycles. The highest BCUT2D eigenvalue weighted by Crippen LogP contribution is 2.13. The van der Waals surface area contributed by atoms with Gasteiger partial charge in [0.25, 0.3) is 0 Å². The smallest absolute Gasteiger partial charge is 0.1000 e. The molecule has 4 heteroatoms. The van der Waals surface area contributed by atoms with Crippen molar-refractivity contribution in [2.75, 3.05) is 6.61 Å². The third kappa shape index (κ3) is 3.15. The summed E-state index contributed by atoms with van der Waals surface area (Å²) in [5.41, 5.74) is 1.77. The minimum Gasteiger partial charge on any atom is -0.396 e. The Balaban J connectivity index is 2.04. The summed E-state index contributed by atoms with van der Waals surface area (Å²) in [5.74, 6) is 0. The standard InChI is InChI=1S/C13H16N2O2/c16-9-7-13(17)12-6-8-15(14-12)10-11-4-2-1-3-5-11/h1-6,8,13,16-17H,7,9-10H2. The molecule has 2 aromatic rings. The zero-order valence-corrected chi connectivity index (χ0v) is 9.53. The Morgan fingerprint density at radius 1 is 1.18 bits per heavy atom. The molecule has 0 bridgehead atoms. The van der Waals surface area contributed by atoms with Crippen LogP contribution in [0.25, 0.3) is 0 Å². The van der Waals surface area contributed by atoms with E-state index in [-0.39, 0.29) is 6.61 Å². The van der Waals surface area contributed by atoms with Crippen LogP contribution in [0.1, 0.15) is 23.8 Å². The van der Waals surface area contributed by atoms with Crippen LogP contribution in [0.2, 0.25) is 0 Å². The molecule has 0 saturated carbocycles. The summed E-state index contributed by atoms with van der Waals surface area (Å²) in [5, 5.41) is 22.7. The highest BCUT2D eigenvalue weighted by Gasteiger charge is 2.09. The van der Waals surface area contributed by atoms with Gasteiger partial charge in [0, 0.05) is 19.2 Å². The second kappa shape index (κ2) is 5.61. The van der Waals surface area contributed by atoms with Crippen LogP contribution < -0.4 is 0 Å². The molecule has 0 spiro atoms. The van der Waals surface area contributed by atoms with Gasteiger partial charge in [0.1, 0.15) is 0 Å². The summed E-state index contributed by atoms with van der Waals surface area (Å²) in [4.78, 5) is 0. The van der Waals surface area contributed by atoms with Gasteiger partial charge in [-0.2, -0.15) is 5.10 Å². The number of benzene rings is 1. The number of hydrogen-bond donors (Lipinski definition) is 2. The molecule has 2 rings (SSSR count). The number of rotatable bonds is 5. The summed E-state index contributed by atoms with van der Waals surface area (Å²) in [6, 6.07) is 11.8. The van der Waals surface area contributed by atoms with Crippen LogP contribution in [0.5, 0.6) is 0 Å². The first-order chi connectivity index (χ1) is 8.29. The molecule has 0 saturated heterocycles. The molecule has 0 aliphatic rings. The van der Waals surface area contributed by atoms with E-state index in [1.165, 1.54) is 5.56 Å². The van der Waals surface area contributed by atoms with E-state index < -0.39 is 6.10 Å². The number of nitrogens with zero attached hydrogens (tertiary/aromatic N) is 2. The second-order valence-corrected chi connectivity index (χ2v) is 3.95. The molecule has 1 atom stereocenters. The lowest BCUT2D eigenvalue weighted by atomic mass is 10.2. The Kier molecular flexibility index (Phi) is 3.90. The number of aromatic nitrogens is 2. The molecule has 17 heavy (non-hydrogen) atoms. The summed E-state index contributed by atoms with van der Waals surface area (Å²) in [6.07, 6.45) is 1.47. The molecule has 0 radical (unpaired) electrons. The summed E-state index contributed by atoms with van der Waals surface area (Å²) < 4.78 is 1.78. The maximum absolute atomic E-state index is 9.66. The van der Waals surface area contributed by atoms with Crippen LogP contribution in [0, 0.1) is 0 Å². The van der Waals surface area contributed by atoms with Gasteiger partial charge in [-0.25, -0.2) is 0 Å². The van der Waals surface area contributed by atoms with Crippen LogP contribution in [-0.2, 0) is 6.54 Å². The zero-order chi connectivity index (χ0) is 12.1. The Morgan fingerprint density at radius 2 is 1.94 bits per heavy atom. The first kappa shape index (κ1) is 11.8. The molecule has 0 amide bonds. The van der Waals surface area contributed by atoms with Crippen molar-refractivity contribution in [1.82, 2.24) is 9.78 Å². The predicted molar refractivity (Wildman–Crippen MR) is 64.4 cm³/mol. The van der Waals surface area contributed by atoms with Crippen molar-refractivity contribution in [1.29, 1.82) is 0 Å². The lowest BCUT2D eigenvalue weighted by Gasteiger charge is -2.05. The Bertz CT molecular complexity index is 453. The molecular weight excluding hydrogens is 216 g/mol. The molecule has 1 aromatic heterocycles. The van der Waals surface area contributed by atoms with E-state index in [9.17, 15) is 5.11 Å². The van der Waals surface area contributed by atoms with Gasteiger partial charge in [-0.1, -0.05) is 30.3 Å². The normalized spacial score (nSPS) is 12.6. The van der Waals surface area contributed by atoms with Gasteiger partial charge in [-0.15, -0.1) is 0 Å². The largest absolute Gasteiger partial charge is 0.396 e. The van der Waals surface area contributed by atoms with Gasteiger partial charge in [0.2, 0.25) is 0 Å². The van der Waals surface area contributed by atoms with Gasteiger partial charge in [0.05, 0.1) is 18.3 Å². The van der Waals surface area contributed by atoms with Gasteiger partial charge in [-0.3, -0.25) is 4.68 Å². The van der Waals surface area contributed by atoms with E-state index in [0.717, 1.165) is 0 Å². The fourth-order valence-electron chi connectivity index (χ4n) is 1.68. The van der Waals surface area contributed by atoms with Crippen LogP contribution in [0.4, 0.5) is 0 Å². The average molecular weight is 232 g/mol. The summed E-state index contributed by atoms with van der Waals surface area (Å²) in [7, 11) is 0. The third-order valence-corrected chi connectivity index (χ3v) is 2.59. The summed E-state index contributed by atoms with van der Waals surface area (Å²) >= 11 is 0. The number of aliphatic hydroxyl groups is 2. The molecule has 2 N–H and O–H groups in total. The minimum absolute atomic E-state index is 0.0350. The maximum atomic E-state index is 9.66. The molecule has 4 nitrogen and oxygen atoms in total. The molecule has 1 unspecified atom stereocenters. The first-order valence-corrected chi connectivity index (χ1v) is 5.66. The lowest BCUT2D eigenvalue weighted by Crippen LogP contribution is -2.04. The molecule has 0 aliphatic carbocycles. The fourth-order valence-corrected chi connectivity index (χ4v) is 1.68.